The van der Waals surface area contributed by atoms with E-state index < -0.39 is 0 Å². The Hall–Kier alpha value is 0. The molecule has 0 amide bonds. The molecule has 0 heteroatoms. The molecule has 0 bridgehead atoms. The van der Waals surface area contributed by atoms with Crippen LogP contribution in [-0.4, -0.2) is 0 Å². The van der Waals surface area contributed by atoms with Crippen molar-refractivity contribution in [2.45, 2.75) is 130 Å². The van der Waals surface area contributed by atoms with Crippen molar-refractivity contribution >= 4 is 0 Å². The van der Waals surface area contributed by atoms with Crippen LogP contribution in [0, 0.1) is 11.8 Å². The van der Waals surface area contributed by atoms with Gasteiger partial charge >= 0.3 is 0 Å². The van der Waals surface area contributed by atoms with Gasteiger partial charge in [0, 0.05) is 0 Å². The van der Waals surface area contributed by atoms with Crippen molar-refractivity contribution in [2.24, 2.45) is 11.8 Å². The van der Waals surface area contributed by atoms with Gasteiger partial charge in [-0.1, -0.05) is 130 Å². The van der Waals surface area contributed by atoms with Gasteiger partial charge in [-0.05, 0) is 11.8 Å². The molecule has 0 aliphatic heterocycles. The quantitative estimate of drug-likeness (QED) is 0.236. The molecule has 0 heterocycles. The lowest BCUT2D eigenvalue weighted by Gasteiger charge is -2.27. The van der Waals surface area contributed by atoms with Gasteiger partial charge in [0.1, 0.15) is 0 Å². The van der Waals surface area contributed by atoms with Crippen LogP contribution >= 0.6 is 0 Å². The maximum atomic E-state index is 2.39. The average Bonchev–Trinajstić information content (AvgIpc) is 2.53. The van der Waals surface area contributed by atoms with Gasteiger partial charge < -0.3 is 0 Å². The zero-order chi connectivity index (χ0) is 16.5. The predicted octanol–water partition coefficient (Wildman–Crippen LogP) is 8.54. The first-order chi connectivity index (χ1) is 10.8. The summed E-state index contributed by atoms with van der Waals surface area (Å²) in [5.41, 5.74) is 0. The maximum Gasteiger partial charge on any atom is -0.0386 e. The molecule has 0 aromatic carbocycles. The topological polar surface area (TPSA) is 0 Å². The van der Waals surface area contributed by atoms with E-state index in [1.807, 2.05) is 0 Å². The first-order valence-corrected chi connectivity index (χ1v) is 10.8. The van der Waals surface area contributed by atoms with Crippen LogP contribution in [0.5, 0.6) is 0 Å². The van der Waals surface area contributed by atoms with Gasteiger partial charge in [0.05, 0.1) is 0 Å². The van der Waals surface area contributed by atoms with Crippen molar-refractivity contribution in [2.75, 3.05) is 0 Å². The zero-order valence-electron chi connectivity index (χ0n) is 16.5. The van der Waals surface area contributed by atoms with Crippen LogP contribution in [0.3, 0.4) is 0 Å². The lowest BCUT2D eigenvalue weighted by Crippen LogP contribution is -2.15. The van der Waals surface area contributed by atoms with Crippen LogP contribution in [0.15, 0.2) is 0 Å². The first kappa shape index (κ1) is 22.0. The van der Waals surface area contributed by atoms with E-state index in [1.54, 1.807) is 0 Å². The van der Waals surface area contributed by atoms with Crippen molar-refractivity contribution in [1.82, 2.24) is 0 Å². The molecule has 0 nitrogen and oxygen atoms in total. The maximum absolute atomic E-state index is 2.39. The molecule has 0 aromatic heterocycles. The molecule has 0 rings (SSSR count). The van der Waals surface area contributed by atoms with Crippen molar-refractivity contribution in [3.05, 3.63) is 0 Å². The number of hydrogen-bond donors (Lipinski definition) is 0. The standard InChI is InChI=1S/C22H46/c1-5-9-12-14-16-19-21(17-8-4)22(18-11-7-3)20-15-13-10-6-2/h21-22H,5-20H2,1-4H3. The van der Waals surface area contributed by atoms with Gasteiger partial charge in [-0.15, -0.1) is 0 Å². The predicted molar refractivity (Wildman–Crippen MR) is 104 cm³/mol. The second-order valence-electron chi connectivity index (χ2n) is 7.50. The van der Waals surface area contributed by atoms with E-state index in [1.165, 1.54) is 103 Å². The van der Waals surface area contributed by atoms with Crippen molar-refractivity contribution in [1.29, 1.82) is 0 Å². The van der Waals surface area contributed by atoms with Crippen molar-refractivity contribution < 1.29 is 0 Å². The van der Waals surface area contributed by atoms with E-state index in [9.17, 15) is 0 Å². The molecule has 22 heavy (non-hydrogen) atoms. The Kier molecular flexibility index (Phi) is 17.4. The van der Waals surface area contributed by atoms with E-state index in [4.69, 9.17) is 0 Å². The minimum atomic E-state index is 1.03. The molecular weight excluding hydrogens is 264 g/mol. The Morgan fingerprint density at radius 2 is 0.773 bits per heavy atom. The third-order valence-corrected chi connectivity index (χ3v) is 5.36. The Bertz CT molecular complexity index is 196. The molecule has 0 radical (unpaired) electrons. The highest BCUT2D eigenvalue weighted by Crippen LogP contribution is 2.32. The van der Waals surface area contributed by atoms with Crippen molar-refractivity contribution in [3.8, 4) is 0 Å². The van der Waals surface area contributed by atoms with Crippen molar-refractivity contribution in [3.63, 3.8) is 0 Å². The SMILES string of the molecule is CCCCCCCC(CCC)C(CCCC)CCCCCC. The average molecular weight is 311 g/mol. The fourth-order valence-electron chi connectivity index (χ4n) is 3.91. The van der Waals surface area contributed by atoms with Crippen LogP contribution in [0.25, 0.3) is 0 Å². The summed E-state index contributed by atoms with van der Waals surface area (Å²) in [6.07, 6.45) is 23.2. The van der Waals surface area contributed by atoms with E-state index >= 15 is 0 Å². The third-order valence-electron chi connectivity index (χ3n) is 5.36. The Balaban J connectivity index is 4.21. The van der Waals surface area contributed by atoms with Gasteiger partial charge in [-0.2, -0.15) is 0 Å². The van der Waals surface area contributed by atoms with Crippen LogP contribution < -0.4 is 0 Å². The summed E-state index contributed by atoms with van der Waals surface area (Å²) in [5, 5.41) is 0. The number of hydrogen-bond acceptors (Lipinski definition) is 0. The van der Waals surface area contributed by atoms with E-state index in [0.29, 0.717) is 0 Å². The summed E-state index contributed by atoms with van der Waals surface area (Å²) in [6.45, 7) is 9.38. The minimum absolute atomic E-state index is 1.03. The fourth-order valence-corrected chi connectivity index (χ4v) is 3.91. The Morgan fingerprint density at radius 1 is 0.364 bits per heavy atom. The summed E-state index contributed by atoms with van der Waals surface area (Å²) < 4.78 is 0. The largest absolute Gasteiger partial charge is 0.0654 e. The van der Waals surface area contributed by atoms with Crippen LogP contribution in [-0.2, 0) is 0 Å². The Morgan fingerprint density at radius 3 is 1.27 bits per heavy atom. The van der Waals surface area contributed by atoms with E-state index in [0.717, 1.165) is 11.8 Å². The summed E-state index contributed by atoms with van der Waals surface area (Å²) in [6, 6.07) is 0. The molecular formula is C22H46. The summed E-state index contributed by atoms with van der Waals surface area (Å²) in [4.78, 5) is 0. The lowest BCUT2D eigenvalue weighted by molar-refractivity contribution is 0.242. The van der Waals surface area contributed by atoms with Gasteiger partial charge in [0.2, 0.25) is 0 Å². The zero-order valence-corrected chi connectivity index (χ0v) is 16.5. The molecule has 0 N–H and O–H groups in total. The first-order valence-electron chi connectivity index (χ1n) is 10.8. The number of rotatable bonds is 17. The summed E-state index contributed by atoms with van der Waals surface area (Å²) in [5.74, 6) is 2.06. The van der Waals surface area contributed by atoms with E-state index in [-0.39, 0.29) is 0 Å². The molecule has 0 saturated carbocycles. The van der Waals surface area contributed by atoms with E-state index in [2.05, 4.69) is 27.7 Å². The molecule has 2 atom stereocenters. The van der Waals surface area contributed by atoms with Crippen LogP contribution in [0.4, 0.5) is 0 Å². The highest BCUT2D eigenvalue weighted by Gasteiger charge is 2.19. The normalized spacial score (nSPS) is 14.2. The van der Waals surface area contributed by atoms with Gasteiger partial charge in [-0.25, -0.2) is 0 Å². The lowest BCUT2D eigenvalue weighted by atomic mass is 9.78. The van der Waals surface area contributed by atoms with Crippen LogP contribution in [0.1, 0.15) is 130 Å². The van der Waals surface area contributed by atoms with Gasteiger partial charge in [0.25, 0.3) is 0 Å². The van der Waals surface area contributed by atoms with Gasteiger partial charge in [0.15, 0.2) is 0 Å². The molecule has 0 aliphatic rings. The fraction of sp³-hybridized carbons (Fsp3) is 1.00. The highest BCUT2D eigenvalue weighted by atomic mass is 14.2. The molecule has 0 aliphatic carbocycles. The van der Waals surface area contributed by atoms with Gasteiger partial charge in [-0.3, -0.25) is 0 Å². The number of unbranched alkanes of at least 4 members (excludes halogenated alkanes) is 8. The monoisotopic (exact) mass is 310 g/mol. The molecule has 134 valence electrons. The van der Waals surface area contributed by atoms with Crippen LogP contribution in [0.2, 0.25) is 0 Å². The molecule has 2 unspecified atom stereocenters. The molecule has 0 aromatic rings. The smallest absolute Gasteiger partial charge is 0.0386 e. The molecule has 0 spiro atoms. The highest BCUT2D eigenvalue weighted by molar-refractivity contribution is 4.71. The Labute approximate surface area is 142 Å². The second-order valence-corrected chi connectivity index (χ2v) is 7.50. The second kappa shape index (κ2) is 17.4. The minimum Gasteiger partial charge on any atom is -0.0654 e. The molecule has 0 fully saturated rings. The molecule has 0 saturated heterocycles. The summed E-state index contributed by atoms with van der Waals surface area (Å²) >= 11 is 0. The summed E-state index contributed by atoms with van der Waals surface area (Å²) in [7, 11) is 0. The third kappa shape index (κ3) is 12.5.